The molecule has 0 amide bonds. The van der Waals surface area contributed by atoms with Crippen molar-refractivity contribution in [2.24, 2.45) is 0 Å². The van der Waals surface area contributed by atoms with Crippen LogP contribution in [0, 0.1) is 13.8 Å². The zero-order valence-electron chi connectivity index (χ0n) is 18.1. The molecule has 1 radical (unpaired) electrons. The van der Waals surface area contributed by atoms with E-state index in [4.69, 9.17) is 9.47 Å². The summed E-state index contributed by atoms with van der Waals surface area (Å²) in [6.07, 6.45) is -0.474. The Labute approximate surface area is 224 Å². The molecule has 0 bridgehead atoms. The third kappa shape index (κ3) is 6.78. The van der Waals surface area contributed by atoms with Gasteiger partial charge in [-0.25, -0.2) is 4.79 Å². The first-order valence-corrected chi connectivity index (χ1v) is 10.6. The van der Waals surface area contributed by atoms with Crippen LogP contribution in [0.2, 0.25) is 0 Å². The summed E-state index contributed by atoms with van der Waals surface area (Å²) < 4.78 is 13.5. The van der Waals surface area contributed by atoms with E-state index < -0.39 is 12.1 Å². The Bertz CT molecular complexity index is 949. The second kappa shape index (κ2) is 12.2. The summed E-state index contributed by atoms with van der Waals surface area (Å²) in [6, 6.07) is 14.1. The van der Waals surface area contributed by atoms with E-state index in [0.717, 1.165) is 17.9 Å². The van der Waals surface area contributed by atoms with Gasteiger partial charge in [0.25, 0.3) is 0 Å². The Kier molecular flexibility index (Phi) is 10.3. The molecule has 30 heavy (non-hydrogen) atoms. The Balaban J connectivity index is 0.00000320. The van der Waals surface area contributed by atoms with Crippen LogP contribution in [0.15, 0.2) is 47.8 Å². The molecule has 0 aliphatic carbocycles. The Morgan fingerprint density at radius 1 is 1.17 bits per heavy atom. The van der Waals surface area contributed by atoms with Gasteiger partial charge >= 0.3 is 5.97 Å². The number of carboxylic acid groups (broad SMARTS) is 1. The Morgan fingerprint density at radius 2 is 1.90 bits per heavy atom. The fraction of sp³-hybridized carbons (Fsp3) is 0.348. The Hall–Kier alpha value is -0.934. The molecule has 5 nitrogen and oxygen atoms in total. The second-order valence-electron chi connectivity index (χ2n) is 6.98. The normalized spacial score (nSPS) is 11.7. The molecular formula is C23H27KNO4S. The zero-order valence-corrected chi connectivity index (χ0v) is 22.0. The largest absolute Gasteiger partial charge is 0.492 e. The molecule has 0 aliphatic rings. The van der Waals surface area contributed by atoms with Crippen LogP contribution in [-0.4, -0.2) is 86.3 Å². The van der Waals surface area contributed by atoms with Crippen LogP contribution in [0.1, 0.15) is 23.7 Å². The van der Waals surface area contributed by atoms with Crippen LogP contribution < -0.4 is 4.74 Å². The summed E-state index contributed by atoms with van der Waals surface area (Å²) in [6.45, 7) is 7.71. The fourth-order valence-electron chi connectivity index (χ4n) is 3.26. The van der Waals surface area contributed by atoms with Crippen LogP contribution in [0.3, 0.4) is 0 Å². The number of ether oxygens (including phenoxy) is 2. The first-order valence-electron chi connectivity index (χ1n) is 9.75. The smallest absolute Gasteiger partial charge is 0.333 e. The summed E-state index contributed by atoms with van der Waals surface area (Å²) in [4.78, 5) is 12.5. The predicted molar refractivity (Wildman–Crippen MR) is 122 cm³/mol. The van der Waals surface area contributed by atoms with Gasteiger partial charge in [0.15, 0.2) is 6.10 Å². The van der Waals surface area contributed by atoms with E-state index in [-0.39, 0.29) is 51.4 Å². The van der Waals surface area contributed by atoms with E-state index in [2.05, 4.69) is 42.0 Å². The first kappa shape index (κ1) is 25.3. The van der Waals surface area contributed by atoms with Crippen molar-refractivity contribution in [2.75, 3.05) is 13.2 Å². The topological polar surface area (TPSA) is 60.7 Å². The third-order valence-electron chi connectivity index (χ3n) is 4.75. The van der Waals surface area contributed by atoms with Crippen LogP contribution in [-0.2, 0) is 22.5 Å². The molecule has 0 unspecified atom stereocenters. The van der Waals surface area contributed by atoms with Crippen LogP contribution in [0.4, 0.5) is 0 Å². The number of aryl methyl sites for hydroxylation is 2. The summed E-state index contributed by atoms with van der Waals surface area (Å²) >= 11 is 1.76. The average molecular weight is 453 g/mol. The standard InChI is InChI=1S/C23H27NO4S.K/c1-4-27-21(23(25)26)14-18-6-8-19(9-7-18)28-12-11-24-17(3)5-10-20(24)22-13-16(2)15-29-22;/h5-10,13,15,21H,4,11-12,14H2,1-3H3,(H,25,26);/t21-;/m0./s1. The SMILES string of the molecule is CCO[C@@H](Cc1ccc(OCCn2c(C)ccc2-c2cc(C)cs2)cc1)C(=O)O.[K]. The molecule has 0 spiro atoms. The van der Waals surface area contributed by atoms with Gasteiger partial charge in [0.2, 0.25) is 0 Å². The molecule has 1 atom stereocenters. The number of carboxylic acids is 1. The number of rotatable bonds is 10. The monoisotopic (exact) mass is 452 g/mol. The van der Waals surface area contributed by atoms with Gasteiger partial charge < -0.3 is 19.1 Å². The van der Waals surface area contributed by atoms with Crippen LogP contribution in [0.5, 0.6) is 5.75 Å². The summed E-state index contributed by atoms with van der Waals surface area (Å²) in [5, 5.41) is 11.4. The molecule has 0 saturated carbocycles. The Morgan fingerprint density at radius 3 is 2.50 bits per heavy atom. The van der Waals surface area contributed by atoms with Crippen molar-refractivity contribution in [3.8, 4) is 16.3 Å². The molecule has 3 aromatic rings. The van der Waals surface area contributed by atoms with E-state index >= 15 is 0 Å². The fourth-order valence-corrected chi connectivity index (χ4v) is 4.19. The van der Waals surface area contributed by atoms with Gasteiger partial charge in [0, 0.05) is 70.1 Å². The summed E-state index contributed by atoms with van der Waals surface area (Å²) in [5.41, 5.74) is 4.62. The molecular weight excluding hydrogens is 425 g/mol. The van der Waals surface area contributed by atoms with E-state index in [9.17, 15) is 9.90 Å². The molecule has 0 saturated heterocycles. The van der Waals surface area contributed by atoms with Crippen molar-refractivity contribution >= 4 is 68.7 Å². The third-order valence-corrected chi connectivity index (χ3v) is 5.82. The van der Waals surface area contributed by atoms with E-state index in [1.54, 1.807) is 18.3 Å². The van der Waals surface area contributed by atoms with Crippen molar-refractivity contribution in [1.29, 1.82) is 0 Å². The van der Waals surface area contributed by atoms with Gasteiger partial charge in [-0.3, -0.25) is 0 Å². The minimum absolute atomic E-state index is 0. The van der Waals surface area contributed by atoms with Gasteiger partial charge in [-0.2, -0.15) is 0 Å². The van der Waals surface area contributed by atoms with Crippen molar-refractivity contribution in [3.05, 3.63) is 64.7 Å². The predicted octanol–water partition coefficient (Wildman–Crippen LogP) is 4.56. The summed E-state index contributed by atoms with van der Waals surface area (Å²) in [5.74, 6) is -0.165. The molecule has 3 rings (SSSR count). The van der Waals surface area contributed by atoms with Crippen LogP contribution in [0.25, 0.3) is 10.6 Å². The number of hydrogen-bond acceptors (Lipinski definition) is 4. The van der Waals surface area contributed by atoms with Gasteiger partial charge in [-0.05, 0) is 67.6 Å². The van der Waals surface area contributed by atoms with Crippen molar-refractivity contribution < 1.29 is 19.4 Å². The van der Waals surface area contributed by atoms with E-state index in [0.29, 0.717) is 19.6 Å². The second-order valence-corrected chi connectivity index (χ2v) is 7.89. The van der Waals surface area contributed by atoms with Gasteiger partial charge in [0.1, 0.15) is 12.4 Å². The van der Waals surface area contributed by atoms with Crippen molar-refractivity contribution in [2.45, 2.75) is 39.8 Å². The first-order chi connectivity index (χ1) is 14.0. The van der Waals surface area contributed by atoms with Gasteiger partial charge in [-0.1, -0.05) is 12.1 Å². The van der Waals surface area contributed by atoms with Gasteiger partial charge in [0.05, 0.1) is 17.1 Å². The molecule has 1 N–H and O–H groups in total. The van der Waals surface area contributed by atoms with Crippen molar-refractivity contribution in [1.82, 2.24) is 4.57 Å². The summed E-state index contributed by atoms with van der Waals surface area (Å²) in [7, 11) is 0. The minimum Gasteiger partial charge on any atom is -0.492 e. The average Bonchev–Trinajstić information content (AvgIpc) is 3.28. The van der Waals surface area contributed by atoms with Crippen molar-refractivity contribution in [3.63, 3.8) is 0 Å². The number of hydrogen-bond donors (Lipinski definition) is 1. The number of thiophene rings is 1. The number of nitrogens with zero attached hydrogens (tertiary/aromatic N) is 1. The molecule has 2 aromatic heterocycles. The van der Waals surface area contributed by atoms with Gasteiger partial charge in [-0.15, -0.1) is 11.3 Å². The minimum atomic E-state index is -0.939. The maximum absolute atomic E-state index is 11.2. The molecule has 2 heterocycles. The molecule has 0 aliphatic heterocycles. The molecule has 1 aromatic carbocycles. The maximum atomic E-state index is 11.2. The van der Waals surface area contributed by atoms with E-state index in [1.807, 2.05) is 24.3 Å². The number of aromatic nitrogens is 1. The van der Waals surface area contributed by atoms with Crippen LogP contribution >= 0.6 is 11.3 Å². The number of benzene rings is 1. The number of aliphatic carboxylic acids is 1. The zero-order chi connectivity index (χ0) is 20.8. The quantitative estimate of drug-likeness (QED) is 0.458. The maximum Gasteiger partial charge on any atom is 0.333 e. The molecule has 155 valence electrons. The molecule has 7 heteroatoms. The molecule has 0 fully saturated rings. The van der Waals surface area contributed by atoms with E-state index in [1.165, 1.54) is 21.8 Å². The number of carbonyl (C=O) groups is 1.